The number of nitrogens with one attached hydrogen (secondary N) is 2. The zero-order chi connectivity index (χ0) is 15.9. The molecule has 0 spiro atoms. The second-order valence-corrected chi connectivity index (χ2v) is 4.57. The van der Waals surface area contributed by atoms with Gasteiger partial charge in [0.2, 0.25) is 0 Å². The van der Waals surface area contributed by atoms with Crippen molar-refractivity contribution in [2.45, 2.75) is 6.42 Å². The van der Waals surface area contributed by atoms with Gasteiger partial charge in [-0.15, -0.1) is 0 Å². The molecule has 2 N–H and O–H groups in total. The molecule has 22 heavy (non-hydrogen) atoms. The highest BCUT2D eigenvalue weighted by atomic mass is 19.1. The van der Waals surface area contributed by atoms with Gasteiger partial charge in [-0.3, -0.25) is 9.59 Å². The molecule has 0 unspecified atom stereocenters. The minimum atomic E-state index is -1.04. The molecule has 4 nitrogen and oxygen atoms in total. The molecule has 0 saturated heterocycles. The highest BCUT2D eigenvalue weighted by molar-refractivity contribution is 6.39. The summed E-state index contributed by atoms with van der Waals surface area (Å²) in [5.74, 6) is -3.47. The van der Waals surface area contributed by atoms with Gasteiger partial charge in [0, 0.05) is 12.6 Å². The van der Waals surface area contributed by atoms with Gasteiger partial charge in [-0.1, -0.05) is 30.3 Å². The minimum Gasteiger partial charge on any atom is -0.347 e. The first-order chi connectivity index (χ1) is 10.6. The highest BCUT2D eigenvalue weighted by Gasteiger charge is 2.15. The van der Waals surface area contributed by atoms with Crippen LogP contribution in [0.4, 0.5) is 14.5 Å². The maximum absolute atomic E-state index is 13.4. The van der Waals surface area contributed by atoms with Crippen LogP contribution in [0.1, 0.15) is 5.56 Å². The summed E-state index contributed by atoms with van der Waals surface area (Å²) in [5, 5.41) is 4.45. The lowest BCUT2D eigenvalue weighted by molar-refractivity contribution is -0.136. The third kappa shape index (κ3) is 4.37. The molecule has 2 aromatic rings. The van der Waals surface area contributed by atoms with Crippen molar-refractivity contribution in [3.05, 3.63) is 65.7 Å². The fourth-order valence-electron chi connectivity index (χ4n) is 1.82. The molecule has 0 aliphatic rings. The second-order valence-electron chi connectivity index (χ2n) is 4.57. The van der Waals surface area contributed by atoms with Crippen LogP contribution >= 0.6 is 0 Å². The number of amides is 2. The van der Waals surface area contributed by atoms with E-state index in [9.17, 15) is 18.4 Å². The maximum Gasteiger partial charge on any atom is 0.313 e. The van der Waals surface area contributed by atoms with Crippen LogP contribution in [-0.2, 0) is 16.0 Å². The molecule has 0 atom stereocenters. The fraction of sp³-hybridized carbons (Fsp3) is 0.125. The molecule has 0 aromatic heterocycles. The van der Waals surface area contributed by atoms with Crippen molar-refractivity contribution in [2.24, 2.45) is 0 Å². The normalized spacial score (nSPS) is 10.1. The van der Waals surface area contributed by atoms with Crippen molar-refractivity contribution in [3.8, 4) is 0 Å². The van der Waals surface area contributed by atoms with E-state index in [1.807, 2.05) is 35.6 Å². The number of carbonyl (C=O) groups is 2. The van der Waals surface area contributed by atoms with Crippen LogP contribution in [-0.4, -0.2) is 18.4 Å². The molecule has 0 fully saturated rings. The van der Waals surface area contributed by atoms with Crippen LogP contribution in [0.2, 0.25) is 0 Å². The molecule has 114 valence electrons. The maximum atomic E-state index is 13.4. The second kappa shape index (κ2) is 7.31. The van der Waals surface area contributed by atoms with Crippen LogP contribution in [0.5, 0.6) is 0 Å². The molecular formula is C16H14F2N2O2. The van der Waals surface area contributed by atoms with Gasteiger partial charge < -0.3 is 10.6 Å². The first kappa shape index (κ1) is 15.6. The number of anilines is 1. The number of hydrogen-bond acceptors (Lipinski definition) is 2. The third-order valence-electron chi connectivity index (χ3n) is 2.92. The van der Waals surface area contributed by atoms with Gasteiger partial charge in [0.25, 0.3) is 0 Å². The molecule has 2 amide bonds. The van der Waals surface area contributed by atoms with Crippen LogP contribution < -0.4 is 10.6 Å². The lowest BCUT2D eigenvalue weighted by Crippen LogP contribution is -2.36. The topological polar surface area (TPSA) is 58.2 Å². The Morgan fingerprint density at radius 1 is 0.955 bits per heavy atom. The summed E-state index contributed by atoms with van der Waals surface area (Å²) >= 11 is 0. The Kier molecular flexibility index (Phi) is 5.19. The number of benzene rings is 2. The quantitative estimate of drug-likeness (QED) is 0.851. The summed E-state index contributed by atoms with van der Waals surface area (Å²) in [7, 11) is 0. The van der Waals surface area contributed by atoms with Gasteiger partial charge in [0.05, 0.1) is 5.69 Å². The van der Waals surface area contributed by atoms with Crippen molar-refractivity contribution < 1.29 is 18.4 Å². The zero-order valence-electron chi connectivity index (χ0n) is 11.6. The number of hydrogen-bond donors (Lipinski definition) is 2. The molecular weight excluding hydrogens is 290 g/mol. The predicted octanol–water partition coefficient (Wildman–Crippen LogP) is 2.26. The van der Waals surface area contributed by atoms with Crippen LogP contribution in [0, 0.1) is 11.6 Å². The number of halogens is 2. The van der Waals surface area contributed by atoms with Crippen LogP contribution in [0.3, 0.4) is 0 Å². The van der Waals surface area contributed by atoms with Gasteiger partial charge in [-0.05, 0) is 24.1 Å². The first-order valence-corrected chi connectivity index (χ1v) is 6.64. The first-order valence-electron chi connectivity index (χ1n) is 6.64. The van der Waals surface area contributed by atoms with E-state index >= 15 is 0 Å². The van der Waals surface area contributed by atoms with E-state index in [0.29, 0.717) is 6.42 Å². The van der Waals surface area contributed by atoms with E-state index in [0.717, 1.165) is 23.8 Å². The molecule has 0 radical (unpaired) electrons. The van der Waals surface area contributed by atoms with E-state index < -0.39 is 23.4 Å². The molecule has 2 rings (SSSR count). The molecule has 0 aliphatic heterocycles. The summed E-state index contributed by atoms with van der Waals surface area (Å²) in [6.07, 6.45) is 0.564. The molecule has 0 aliphatic carbocycles. The van der Waals surface area contributed by atoms with Crippen molar-refractivity contribution in [3.63, 3.8) is 0 Å². The van der Waals surface area contributed by atoms with Gasteiger partial charge in [0.15, 0.2) is 0 Å². The Bertz CT molecular complexity index is 675. The summed E-state index contributed by atoms with van der Waals surface area (Å²) in [5.41, 5.74) is 0.641. The fourth-order valence-corrected chi connectivity index (χ4v) is 1.82. The van der Waals surface area contributed by atoms with Crippen molar-refractivity contribution in [1.29, 1.82) is 0 Å². The smallest absolute Gasteiger partial charge is 0.313 e. The van der Waals surface area contributed by atoms with E-state index in [1.54, 1.807) is 0 Å². The van der Waals surface area contributed by atoms with Gasteiger partial charge in [0.1, 0.15) is 11.6 Å². The van der Waals surface area contributed by atoms with E-state index in [2.05, 4.69) is 5.32 Å². The van der Waals surface area contributed by atoms with Gasteiger partial charge in [-0.2, -0.15) is 0 Å². The van der Waals surface area contributed by atoms with Crippen molar-refractivity contribution >= 4 is 17.5 Å². The Morgan fingerprint density at radius 3 is 2.41 bits per heavy atom. The van der Waals surface area contributed by atoms with E-state index in [1.165, 1.54) is 0 Å². The van der Waals surface area contributed by atoms with E-state index in [-0.39, 0.29) is 12.2 Å². The van der Waals surface area contributed by atoms with Gasteiger partial charge in [-0.25, -0.2) is 8.78 Å². The molecule has 2 aromatic carbocycles. The monoisotopic (exact) mass is 304 g/mol. The summed E-state index contributed by atoms with van der Waals surface area (Å²) in [6, 6.07) is 12.0. The third-order valence-corrected chi connectivity index (χ3v) is 2.92. The van der Waals surface area contributed by atoms with Crippen molar-refractivity contribution in [2.75, 3.05) is 11.9 Å². The van der Waals surface area contributed by atoms with Gasteiger partial charge >= 0.3 is 11.8 Å². The Morgan fingerprint density at radius 2 is 1.68 bits per heavy atom. The molecule has 0 saturated carbocycles. The largest absolute Gasteiger partial charge is 0.347 e. The van der Waals surface area contributed by atoms with Crippen molar-refractivity contribution in [1.82, 2.24) is 5.32 Å². The number of rotatable bonds is 4. The Balaban J connectivity index is 1.84. The lowest BCUT2D eigenvalue weighted by atomic mass is 10.1. The zero-order valence-corrected chi connectivity index (χ0v) is 11.6. The highest BCUT2D eigenvalue weighted by Crippen LogP contribution is 2.14. The average Bonchev–Trinajstić information content (AvgIpc) is 2.52. The molecule has 6 heteroatoms. The summed E-state index contributed by atoms with van der Waals surface area (Å²) < 4.78 is 26.3. The molecule has 0 bridgehead atoms. The number of carbonyl (C=O) groups excluding carboxylic acids is 2. The SMILES string of the molecule is O=C(NCCc1ccccc1)C(=O)Nc1cc(F)ccc1F. The Labute approximate surface area is 126 Å². The minimum absolute atomic E-state index is 0.266. The van der Waals surface area contributed by atoms with Crippen LogP contribution in [0.25, 0.3) is 0 Å². The van der Waals surface area contributed by atoms with E-state index in [4.69, 9.17) is 0 Å². The average molecular weight is 304 g/mol. The molecule has 0 heterocycles. The summed E-state index contributed by atoms with van der Waals surface area (Å²) in [4.78, 5) is 23.2. The lowest BCUT2D eigenvalue weighted by Gasteiger charge is -2.07. The standard InChI is InChI=1S/C16H14F2N2O2/c17-12-6-7-13(18)14(10-12)20-16(22)15(21)19-9-8-11-4-2-1-3-5-11/h1-7,10H,8-9H2,(H,19,21)(H,20,22). The predicted molar refractivity (Wildman–Crippen MR) is 78.1 cm³/mol. The summed E-state index contributed by atoms with van der Waals surface area (Å²) in [6.45, 7) is 0.266. The Hall–Kier alpha value is -2.76. The van der Waals surface area contributed by atoms with Crippen LogP contribution in [0.15, 0.2) is 48.5 Å².